The van der Waals surface area contributed by atoms with Crippen LogP contribution in [0.4, 0.5) is 0 Å². The third-order valence-electron chi connectivity index (χ3n) is 6.03. The quantitative estimate of drug-likeness (QED) is 0.583. The van der Waals surface area contributed by atoms with Gasteiger partial charge in [-0.25, -0.2) is 4.79 Å². The molecule has 31 heavy (non-hydrogen) atoms. The molecule has 0 saturated carbocycles. The van der Waals surface area contributed by atoms with Gasteiger partial charge in [0, 0.05) is 13.1 Å². The molecular formula is C24H29N3O4. The summed E-state index contributed by atoms with van der Waals surface area (Å²) >= 11 is 0. The highest BCUT2D eigenvalue weighted by Gasteiger charge is 2.31. The summed E-state index contributed by atoms with van der Waals surface area (Å²) in [4.78, 5) is 28.3. The Morgan fingerprint density at radius 2 is 1.74 bits per heavy atom. The minimum Gasteiger partial charge on any atom is -0.493 e. The first-order valence-electron chi connectivity index (χ1n) is 10.8. The van der Waals surface area contributed by atoms with E-state index in [0.717, 1.165) is 35.9 Å². The molecule has 2 heterocycles. The summed E-state index contributed by atoms with van der Waals surface area (Å²) in [5.41, 5.74) is 2.57. The van der Waals surface area contributed by atoms with Crippen molar-refractivity contribution in [3.63, 3.8) is 0 Å². The van der Waals surface area contributed by atoms with Gasteiger partial charge in [-0.3, -0.25) is 13.9 Å². The first-order chi connectivity index (χ1) is 15.1. The van der Waals surface area contributed by atoms with E-state index >= 15 is 0 Å². The lowest BCUT2D eigenvalue weighted by Gasteiger charge is -2.26. The number of para-hydroxylation sites is 2. The zero-order chi connectivity index (χ0) is 22.0. The molecule has 0 N–H and O–H groups in total. The SMILES string of the molecule is CCCn1c(=O)n(CC(=O)N2CCCC2c2ccc(OC)c(OC)c2)c2ccccc21. The zero-order valence-corrected chi connectivity index (χ0v) is 18.3. The molecule has 3 aromatic rings. The number of methoxy groups -OCH3 is 2. The predicted octanol–water partition coefficient (Wildman–Crippen LogP) is 3.59. The molecule has 1 saturated heterocycles. The van der Waals surface area contributed by atoms with E-state index in [2.05, 4.69) is 0 Å². The van der Waals surface area contributed by atoms with Crippen molar-refractivity contribution in [2.45, 2.75) is 45.3 Å². The largest absolute Gasteiger partial charge is 0.493 e. The van der Waals surface area contributed by atoms with Gasteiger partial charge >= 0.3 is 5.69 Å². The summed E-state index contributed by atoms with van der Waals surface area (Å²) in [5, 5.41) is 0. The van der Waals surface area contributed by atoms with Crippen molar-refractivity contribution in [3.05, 3.63) is 58.5 Å². The number of imidazole rings is 1. The third kappa shape index (κ3) is 3.80. The minimum absolute atomic E-state index is 0.0352. The number of benzene rings is 2. The number of hydrogen-bond donors (Lipinski definition) is 0. The second-order valence-electron chi connectivity index (χ2n) is 7.87. The van der Waals surface area contributed by atoms with Crippen molar-refractivity contribution < 1.29 is 14.3 Å². The summed E-state index contributed by atoms with van der Waals surface area (Å²) in [6.07, 6.45) is 2.67. The number of rotatable bonds is 7. The van der Waals surface area contributed by atoms with Gasteiger partial charge in [-0.1, -0.05) is 25.1 Å². The maximum atomic E-state index is 13.3. The molecule has 2 aromatic carbocycles. The lowest BCUT2D eigenvalue weighted by molar-refractivity contribution is -0.132. The minimum atomic E-state index is -0.127. The number of hydrogen-bond acceptors (Lipinski definition) is 4. The highest BCUT2D eigenvalue weighted by Crippen LogP contribution is 2.37. The second kappa shape index (κ2) is 8.88. The van der Waals surface area contributed by atoms with E-state index in [9.17, 15) is 9.59 Å². The average molecular weight is 424 g/mol. The van der Waals surface area contributed by atoms with Gasteiger partial charge in [-0.2, -0.15) is 0 Å². The number of aromatic nitrogens is 2. The Bertz CT molecular complexity index is 1150. The van der Waals surface area contributed by atoms with Crippen LogP contribution in [0.3, 0.4) is 0 Å². The molecule has 1 aliphatic rings. The summed E-state index contributed by atoms with van der Waals surface area (Å²) in [5.74, 6) is 1.27. The van der Waals surface area contributed by atoms with Gasteiger partial charge in [-0.15, -0.1) is 0 Å². The number of amides is 1. The number of carbonyl (C=O) groups is 1. The first kappa shape index (κ1) is 21.0. The molecule has 1 atom stereocenters. The second-order valence-corrected chi connectivity index (χ2v) is 7.87. The highest BCUT2D eigenvalue weighted by molar-refractivity contribution is 5.81. The molecule has 0 aliphatic carbocycles. The Hall–Kier alpha value is -3.22. The van der Waals surface area contributed by atoms with Crippen LogP contribution in [0.15, 0.2) is 47.3 Å². The first-order valence-corrected chi connectivity index (χ1v) is 10.8. The number of carbonyl (C=O) groups excluding carboxylic acids is 1. The Labute approximate surface area is 181 Å². The Balaban J connectivity index is 1.63. The molecule has 1 amide bonds. The highest BCUT2D eigenvalue weighted by atomic mass is 16.5. The topological polar surface area (TPSA) is 65.7 Å². The van der Waals surface area contributed by atoms with Crippen LogP contribution in [0.1, 0.15) is 37.8 Å². The normalized spacial score (nSPS) is 16.1. The fourth-order valence-electron chi connectivity index (χ4n) is 4.56. The average Bonchev–Trinajstić information content (AvgIpc) is 3.38. The predicted molar refractivity (Wildman–Crippen MR) is 120 cm³/mol. The van der Waals surface area contributed by atoms with Gasteiger partial charge in [-0.05, 0) is 49.1 Å². The van der Waals surface area contributed by atoms with Crippen LogP contribution in [-0.2, 0) is 17.9 Å². The van der Waals surface area contributed by atoms with Crippen LogP contribution in [0.25, 0.3) is 11.0 Å². The Morgan fingerprint density at radius 3 is 2.42 bits per heavy atom. The van der Waals surface area contributed by atoms with Crippen LogP contribution in [0.2, 0.25) is 0 Å². The van der Waals surface area contributed by atoms with Crippen molar-refractivity contribution >= 4 is 16.9 Å². The van der Waals surface area contributed by atoms with Gasteiger partial charge in [0.15, 0.2) is 11.5 Å². The summed E-state index contributed by atoms with van der Waals surface area (Å²) in [6, 6.07) is 13.4. The summed E-state index contributed by atoms with van der Waals surface area (Å²) < 4.78 is 14.1. The maximum absolute atomic E-state index is 13.3. The number of fused-ring (bicyclic) bond motifs is 1. The van der Waals surface area contributed by atoms with Gasteiger partial charge in [0.25, 0.3) is 0 Å². The Morgan fingerprint density at radius 1 is 1.03 bits per heavy atom. The van der Waals surface area contributed by atoms with Gasteiger partial charge < -0.3 is 14.4 Å². The van der Waals surface area contributed by atoms with Crippen LogP contribution in [-0.4, -0.2) is 40.7 Å². The van der Waals surface area contributed by atoms with Gasteiger partial charge in [0.05, 0.1) is 31.3 Å². The van der Waals surface area contributed by atoms with Crippen molar-refractivity contribution in [1.29, 1.82) is 0 Å². The molecule has 0 radical (unpaired) electrons. The Kier molecular flexibility index (Phi) is 6.02. The van der Waals surface area contributed by atoms with E-state index < -0.39 is 0 Å². The van der Waals surface area contributed by atoms with Crippen molar-refractivity contribution in [3.8, 4) is 11.5 Å². The van der Waals surface area contributed by atoms with Gasteiger partial charge in [0.2, 0.25) is 5.91 Å². The number of likely N-dealkylation sites (tertiary alicyclic amines) is 1. The zero-order valence-electron chi connectivity index (χ0n) is 18.3. The van der Waals surface area contributed by atoms with Crippen LogP contribution >= 0.6 is 0 Å². The molecule has 1 unspecified atom stereocenters. The summed E-state index contributed by atoms with van der Waals surface area (Å²) in [7, 11) is 3.22. The van der Waals surface area contributed by atoms with E-state index in [-0.39, 0.29) is 24.2 Å². The van der Waals surface area contributed by atoms with Crippen LogP contribution in [0, 0.1) is 0 Å². The lowest BCUT2D eigenvalue weighted by atomic mass is 10.0. The van der Waals surface area contributed by atoms with Crippen molar-refractivity contribution in [2.75, 3.05) is 20.8 Å². The monoisotopic (exact) mass is 423 g/mol. The molecule has 0 bridgehead atoms. The molecule has 7 heteroatoms. The van der Waals surface area contributed by atoms with E-state index in [1.165, 1.54) is 0 Å². The standard InChI is InChI=1S/C24H29N3O4/c1-4-13-26-19-8-5-6-9-20(19)27(24(26)29)16-23(28)25-14-7-10-18(25)17-11-12-21(30-2)22(15-17)31-3/h5-6,8-9,11-12,15,18H,4,7,10,13-14,16H2,1-3H3. The molecule has 1 aliphatic heterocycles. The van der Waals surface area contributed by atoms with E-state index in [0.29, 0.717) is 24.6 Å². The smallest absolute Gasteiger partial charge is 0.329 e. The van der Waals surface area contributed by atoms with Crippen molar-refractivity contribution in [1.82, 2.24) is 14.0 Å². The fourth-order valence-corrected chi connectivity index (χ4v) is 4.56. The number of ether oxygens (including phenoxy) is 2. The molecular weight excluding hydrogens is 394 g/mol. The third-order valence-corrected chi connectivity index (χ3v) is 6.03. The van der Waals surface area contributed by atoms with E-state index in [4.69, 9.17) is 9.47 Å². The van der Waals surface area contributed by atoms with Gasteiger partial charge in [0.1, 0.15) is 6.54 Å². The molecule has 0 spiro atoms. The molecule has 7 nitrogen and oxygen atoms in total. The lowest BCUT2D eigenvalue weighted by Crippen LogP contribution is -2.36. The fraction of sp³-hybridized carbons (Fsp3) is 0.417. The number of aryl methyl sites for hydroxylation is 1. The maximum Gasteiger partial charge on any atom is 0.329 e. The van der Waals surface area contributed by atoms with Crippen molar-refractivity contribution in [2.24, 2.45) is 0 Å². The molecule has 1 aromatic heterocycles. The van der Waals surface area contributed by atoms with Crippen LogP contribution < -0.4 is 15.2 Å². The number of nitrogens with zero attached hydrogens (tertiary/aromatic N) is 3. The molecule has 4 rings (SSSR count). The molecule has 164 valence electrons. The van der Waals surface area contributed by atoms with Crippen LogP contribution in [0.5, 0.6) is 11.5 Å². The van der Waals surface area contributed by atoms with E-state index in [1.807, 2.05) is 54.3 Å². The van der Waals surface area contributed by atoms with E-state index in [1.54, 1.807) is 23.4 Å². The summed E-state index contributed by atoms with van der Waals surface area (Å²) in [6.45, 7) is 3.40. The molecule has 1 fully saturated rings.